The van der Waals surface area contributed by atoms with Crippen molar-refractivity contribution in [1.29, 1.82) is 0 Å². The van der Waals surface area contributed by atoms with Crippen molar-refractivity contribution in [1.82, 2.24) is 10.3 Å². The first-order valence-electron chi connectivity index (χ1n) is 8.30. The molecular weight excluding hydrogens is 278 g/mol. The zero-order chi connectivity index (χ0) is 15.6. The van der Waals surface area contributed by atoms with Gasteiger partial charge in [0, 0.05) is 24.0 Å². The van der Waals surface area contributed by atoms with Crippen LogP contribution in [0, 0.1) is 5.41 Å². The fourth-order valence-electron chi connectivity index (χ4n) is 2.82. The predicted molar refractivity (Wildman–Crippen MR) is 93.4 cm³/mol. The van der Waals surface area contributed by atoms with E-state index in [1.54, 1.807) is 0 Å². The van der Waals surface area contributed by atoms with Crippen molar-refractivity contribution in [3.8, 4) is 0 Å². The van der Waals surface area contributed by atoms with Gasteiger partial charge in [-0.25, -0.2) is 4.98 Å². The van der Waals surface area contributed by atoms with Gasteiger partial charge in [-0.15, -0.1) is 0 Å². The van der Waals surface area contributed by atoms with Crippen LogP contribution in [0.5, 0.6) is 0 Å². The molecule has 1 aromatic rings. The van der Waals surface area contributed by atoms with E-state index < -0.39 is 0 Å². The Hall–Kier alpha value is -0.610. The number of hydrogen-bond acceptors (Lipinski definition) is 4. The zero-order valence-electron chi connectivity index (χ0n) is 14.5. The number of thiazole rings is 1. The van der Waals surface area contributed by atoms with Crippen molar-refractivity contribution >= 4 is 16.5 Å². The minimum atomic E-state index is 0.265. The highest BCUT2D eigenvalue weighted by molar-refractivity contribution is 7.15. The Morgan fingerprint density at radius 3 is 2.76 bits per heavy atom. The van der Waals surface area contributed by atoms with E-state index in [0.29, 0.717) is 12.1 Å². The lowest BCUT2D eigenvalue weighted by molar-refractivity contribution is 0.329. The Bertz CT molecular complexity index is 461. The first-order chi connectivity index (χ1) is 9.84. The third-order valence-electron chi connectivity index (χ3n) is 4.72. The van der Waals surface area contributed by atoms with Gasteiger partial charge < -0.3 is 10.2 Å². The van der Waals surface area contributed by atoms with Crippen LogP contribution in [0.25, 0.3) is 0 Å². The van der Waals surface area contributed by atoms with Crippen LogP contribution in [0.2, 0.25) is 0 Å². The van der Waals surface area contributed by atoms with Crippen molar-refractivity contribution in [2.45, 2.75) is 72.4 Å². The second-order valence-corrected chi connectivity index (χ2v) is 8.37. The van der Waals surface area contributed by atoms with Gasteiger partial charge in [0.2, 0.25) is 0 Å². The molecule has 21 heavy (non-hydrogen) atoms. The number of nitrogens with one attached hydrogen (secondary N) is 1. The normalized spacial score (nSPS) is 20.2. The summed E-state index contributed by atoms with van der Waals surface area (Å²) in [6.45, 7) is 12.5. The van der Waals surface area contributed by atoms with E-state index in [0.717, 1.165) is 13.0 Å². The summed E-state index contributed by atoms with van der Waals surface area (Å²) in [4.78, 5) is 8.79. The summed E-state index contributed by atoms with van der Waals surface area (Å²) >= 11 is 1.90. The molecule has 3 nitrogen and oxygen atoms in total. The monoisotopic (exact) mass is 309 g/mol. The van der Waals surface area contributed by atoms with E-state index in [4.69, 9.17) is 4.98 Å². The molecule has 0 bridgehead atoms. The second kappa shape index (κ2) is 6.66. The molecular formula is C17H31N3S. The van der Waals surface area contributed by atoms with Crippen LogP contribution in [0.15, 0.2) is 0 Å². The molecule has 1 aromatic heterocycles. The number of fused-ring (bicyclic) bond motifs is 1. The van der Waals surface area contributed by atoms with Crippen LogP contribution in [0.4, 0.5) is 5.13 Å². The van der Waals surface area contributed by atoms with Gasteiger partial charge in [0.1, 0.15) is 0 Å². The first kappa shape index (κ1) is 16.8. The summed E-state index contributed by atoms with van der Waals surface area (Å²) in [6, 6.07) is 1.01. The highest BCUT2D eigenvalue weighted by Crippen LogP contribution is 2.39. The number of anilines is 1. The molecule has 2 atom stereocenters. The molecule has 1 aliphatic rings. The van der Waals surface area contributed by atoms with Crippen LogP contribution in [-0.4, -0.2) is 24.6 Å². The first-order valence-corrected chi connectivity index (χ1v) is 9.12. The van der Waals surface area contributed by atoms with Gasteiger partial charge in [0.05, 0.1) is 5.69 Å². The van der Waals surface area contributed by atoms with Crippen LogP contribution >= 0.6 is 11.3 Å². The fraction of sp³-hybridized carbons (Fsp3) is 0.824. The van der Waals surface area contributed by atoms with E-state index in [1.165, 1.54) is 35.0 Å². The van der Waals surface area contributed by atoms with E-state index in [-0.39, 0.29) is 5.41 Å². The van der Waals surface area contributed by atoms with E-state index in [1.807, 2.05) is 11.3 Å². The van der Waals surface area contributed by atoms with Crippen molar-refractivity contribution in [3.05, 3.63) is 10.6 Å². The molecule has 0 fully saturated rings. The molecule has 1 aliphatic carbocycles. The average Bonchev–Trinajstić information content (AvgIpc) is 2.86. The number of rotatable bonds is 5. The van der Waals surface area contributed by atoms with Gasteiger partial charge >= 0.3 is 0 Å². The highest BCUT2D eigenvalue weighted by Gasteiger charge is 2.29. The van der Waals surface area contributed by atoms with E-state index >= 15 is 0 Å². The van der Waals surface area contributed by atoms with Gasteiger partial charge in [-0.2, -0.15) is 0 Å². The van der Waals surface area contributed by atoms with Crippen LogP contribution < -0.4 is 10.2 Å². The van der Waals surface area contributed by atoms with Crippen LogP contribution in [0.3, 0.4) is 0 Å². The maximum atomic E-state index is 4.95. The van der Waals surface area contributed by atoms with Gasteiger partial charge in [-0.05, 0) is 44.6 Å². The van der Waals surface area contributed by atoms with Crippen LogP contribution in [0.1, 0.15) is 70.5 Å². The molecule has 0 radical (unpaired) electrons. The zero-order valence-corrected chi connectivity index (χ0v) is 15.3. The molecule has 2 rings (SSSR count). The predicted octanol–water partition coefficient (Wildman–Crippen LogP) is 4.39. The van der Waals surface area contributed by atoms with Gasteiger partial charge in [-0.1, -0.05) is 39.0 Å². The minimum absolute atomic E-state index is 0.265. The highest BCUT2D eigenvalue weighted by atomic mass is 32.1. The van der Waals surface area contributed by atoms with Gasteiger partial charge in [0.15, 0.2) is 5.13 Å². The fourth-order valence-corrected chi connectivity index (χ4v) is 4.08. The molecule has 0 spiro atoms. The Kier molecular flexibility index (Phi) is 5.31. The molecule has 0 aliphatic heterocycles. The summed E-state index contributed by atoms with van der Waals surface area (Å²) < 4.78 is 0. The van der Waals surface area contributed by atoms with E-state index in [2.05, 4.69) is 51.9 Å². The number of aryl methyl sites for hydroxylation is 1. The van der Waals surface area contributed by atoms with Crippen LogP contribution in [-0.2, 0) is 6.42 Å². The topological polar surface area (TPSA) is 28.2 Å². The lowest BCUT2D eigenvalue weighted by Crippen LogP contribution is -2.39. The third-order valence-corrected chi connectivity index (χ3v) is 6.02. The van der Waals surface area contributed by atoms with Crippen molar-refractivity contribution in [2.24, 2.45) is 5.41 Å². The number of hydrogen-bond donors (Lipinski definition) is 1. The number of nitrogens with zero attached hydrogens (tertiary/aromatic N) is 2. The molecule has 0 amide bonds. The van der Waals surface area contributed by atoms with Crippen molar-refractivity contribution in [2.75, 3.05) is 18.5 Å². The van der Waals surface area contributed by atoms with Crippen molar-refractivity contribution < 1.29 is 0 Å². The molecule has 1 heterocycles. The Morgan fingerprint density at radius 1 is 1.43 bits per heavy atom. The summed E-state index contributed by atoms with van der Waals surface area (Å²) in [6.07, 6.45) is 4.86. The Labute approximate surface area is 134 Å². The summed E-state index contributed by atoms with van der Waals surface area (Å²) in [5, 5.41) is 4.88. The molecule has 1 N–H and O–H groups in total. The smallest absolute Gasteiger partial charge is 0.185 e. The minimum Gasteiger partial charge on any atom is -0.348 e. The molecule has 0 aromatic carbocycles. The summed E-state index contributed by atoms with van der Waals surface area (Å²) in [5.41, 5.74) is 1.60. The molecule has 0 saturated heterocycles. The molecule has 120 valence electrons. The largest absolute Gasteiger partial charge is 0.348 e. The molecule has 0 saturated carbocycles. The lowest BCUT2D eigenvalue weighted by Gasteiger charge is -2.35. The lowest BCUT2D eigenvalue weighted by atomic mass is 9.87. The van der Waals surface area contributed by atoms with Gasteiger partial charge in [-0.3, -0.25) is 0 Å². The number of aromatic nitrogens is 1. The average molecular weight is 310 g/mol. The van der Waals surface area contributed by atoms with E-state index in [9.17, 15) is 0 Å². The summed E-state index contributed by atoms with van der Waals surface area (Å²) in [5.74, 6) is 0. The maximum absolute atomic E-state index is 4.95. The standard InChI is InChI=1S/C17H31N3S/c1-7-11-18-13-9-8-10-14-15(13)21-16(19-14)20(6)12(2)17(3,4)5/h12-13,18H,7-11H2,1-6H3. The Morgan fingerprint density at radius 2 is 2.14 bits per heavy atom. The quantitative estimate of drug-likeness (QED) is 0.874. The maximum Gasteiger partial charge on any atom is 0.185 e. The summed E-state index contributed by atoms with van der Waals surface area (Å²) in [7, 11) is 2.19. The van der Waals surface area contributed by atoms with Gasteiger partial charge in [0.25, 0.3) is 0 Å². The molecule has 2 unspecified atom stereocenters. The third kappa shape index (κ3) is 3.78. The van der Waals surface area contributed by atoms with Crippen molar-refractivity contribution in [3.63, 3.8) is 0 Å². The second-order valence-electron chi connectivity index (χ2n) is 7.36. The SMILES string of the molecule is CCCNC1CCCc2nc(N(C)C(C)C(C)(C)C)sc21. The molecule has 4 heteroatoms. The Balaban J connectivity index is 2.19.